The molecule has 0 spiro atoms. The Hall–Kier alpha value is -0.730. The van der Waals surface area contributed by atoms with Crippen molar-refractivity contribution in [2.45, 2.75) is 52.9 Å². The fourth-order valence-electron chi connectivity index (χ4n) is 1.62. The van der Waals surface area contributed by atoms with Gasteiger partial charge in [0.05, 0.1) is 0 Å². The quantitative estimate of drug-likeness (QED) is 0.380. The third-order valence-corrected chi connectivity index (χ3v) is 3.01. The minimum absolute atomic E-state index is 0.759. The summed E-state index contributed by atoms with van der Waals surface area (Å²) < 4.78 is 0. The first-order valence-corrected chi connectivity index (χ1v) is 6.72. The molecule has 0 aromatic rings. The molecule has 0 atom stereocenters. The van der Waals surface area contributed by atoms with Gasteiger partial charge in [0, 0.05) is 20.1 Å². The second-order valence-electron chi connectivity index (χ2n) is 4.27. The molecule has 0 aromatic carbocycles. The van der Waals surface area contributed by atoms with Crippen molar-refractivity contribution in [3.05, 3.63) is 0 Å². The Labute approximate surface area is 101 Å². The second kappa shape index (κ2) is 10.8. The lowest BCUT2D eigenvalue weighted by Gasteiger charge is -2.16. The van der Waals surface area contributed by atoms with Gasteiger partial charge in [-0.15, -0.1) is 0 Å². The average molecular weight is 227 g/mol. The number of unbranched alkanes of at least 4 members (excludes halogenated alkanes) is 2. The van der Waals surface area contributed by atoms with Crippen molar-refractivity contribution in [3.8, 4) is 0 Å². The number of hydrogen-bond acceptors (Lipinski definition) is 1. The molecule has 96 valence electrons. The molecular weight excluding hydrogens is 198 g/mol. The van der Waals surface area contributed by atoms with Gasteiger partial charge in [0.2, 0.25) is 0 Å². The van der Waals surface area contributed by atoms with Crippen LogP contribution in [0.3, 0.4) is 0 Å². The zero-order valence-electron chi connectivity index (χ0n) is 11.5. The van der Waals surface area contributed by atoms with E-state index < -0.39 is 0 Å². The molecule has 0 aliphatic rings. The number of nitrogens with zero attached hydrogens (tertiary/aromatic N) is 1. The molecular formula is C13H29N3. The van der Waals surface area contributed by atoms with Crippen LogP contribution in [0.2, 0.25) is 0 Å². The van der Waals surface area contributed by atoms with Crippen molar-refractivity contribution < 1.29 is 0 Å². The standard InChI is InChI=1S/C13H29N3/c1-5-8-9-10-15-13(14-4)16-11-12(6-2)7-3/h12H,5-11H2,1-4H3,(H2,14,15,16). The van der Waals surface area contributed by atoms with Gasteiger partial charge in [-0.25, -0.2) is 0 Å². The maximum atomic E-state index is 4.22. The molecule has 0 rings (SSSR count). The Bertz CT molecular complexity index is 174. The minimum Gasteiger partial charge on any atom is -0.356 e. The highest BCUT2D eigenvalue weighted by molar-refractivity contribution is 5.79. The first-order valence-electron chi connectivity index (χ1n) is 6.72. The van der Waals surface area contributed by atoms with Crippen LogP contribution in [0.1, 0.15) is 52.9 Å². The molecule has 0 saturated carbocycles. The highest BCUT2D eigenvalue weighted by atomic mass is 15.2. The van der Waals surface area contributed by atoms with Crippen molar-refractivity contribution in [1.82, 2.24) is 10.6 Å². The SMILES string of the molecule is CCCCCNC(=NC)NCC(CC)CC. The lowest BCUT2D eigenvalue weighted by molar-refractivity contribution is 0.481. The molecule has 0 aliphatic carbocycles. The van der Waals surface area contributed by atoms with Crippen LogP contribution < -0.4 is 10.6 Å². The van der Waals surface area contributed by atoms with Crippen LogP contribution in [-0.4, -0.2) is 26.1 Å². The van der Waals surface area contributed by atoms with E-state index in [0.717, 1.165) is 25.0 Å². The van der Waals surface area contributed by atoms with E-state index >= 15 is 0 Å². The summed E-state index contributed by atoms with van der Waals surface area (Å²) in [5.41, 5.74) is 0. The van der Waals surface area contributed by atoms with Crippen LogP contribution >= 0.6 is 0 Å². The summed E-state index contributed by atoms with van der Waals surface area (Å²) in [6, 6.07) is 0. The second-order valence-corrected chi connectivity index (χ2v) is 4.27. The molecule has 0 bridgehead atoms. The summed E-state index contributed by atoms with van der Waals surface area (Å²) in [4.78, 5) is 4.22. The Morgan fingerprint density at radius 1 is 1.06 bits per heavy atom. The summed E-state index contributed by atoms with van der Waals surface area (Å²) >= 11 is 0. The highest BCUT2D eigenvalue weighted by Crippen LogP contribution is 2.04. The van der Waals surface area contributed by atoms with Gasteiger partial charge in [-0.05, 0) is 12.3 Å². The molecule has 3 nitrogen and oxygen atoms in total. The number of aliphatic imine (C=N–C) groups is 1. The van der Waals surface area contributed by atoms with Crippen molar-refractivity contribution in [2.24, 2.45) is 10.9 Å². The fraction of sp³-hybridized carbons (Fsp3) is 0.923. The van der Waals surface area contributed by atoms with Gasteiger partial charge in [-0.2, -0.15) is 0 Å². The van der Waals surface area contributed by atoms with E-state index in [0.29, 0.717) is 0 Å². The van der Waals surface area contributed by atoms with Gasteiger partial charge in [-0.1, -0.05) is 46.5 Å². The Morgan fingerprint density at radius 3 is 2.25 bits per heavy atom. The van der Waals surface area contributed by atoms with E-state index in [2.05, 4.69) is 36.4 Å². The molecule has 0 amide bonds. The summed E-state index contributed by atoms with van der Waals surface area (Å²) in [5.74, 6) is 1.71. The van der Waals surface area contributed by atoms with E-state index in [4.69, 9.17) is 0 Å². The van der Waals surface area contributed by atoms with Gasteiger partial charge in [0.1, 0.15) is 0 Å². The number of hydrogen-bond donors (Lipinski definition) is 2. The van der Waals surface area contributed by atoms with Crippen molar-refractivity contribution in [3.63, 3.8) is 0 Å². The van der Waals surface area contributed by atoms with E-state index in [1.165, 1.54) is 32.1 Å². The normalized spacial score (nSPS) is 11.9. The van der Waals surface area contributed by atoms with Gasteiger partial charge < -0.3 is 10.6 Å². The van der Waals surface area contributed by atoms with Crippen LogP contribution in [0, 0.1) is 5.92 Å². The Morgan fingerprint density at radius 2 is 1.75 bits per heavy atom. The monoisotopic (exact) mass is 227 g/mol. The van der Waals surface area contributed by atoms with Crippen molar-refractivity contribution >= 4 is 5.96 Å². The molecule has 0 heterocycles. The first-order chi connectivity index (χ1) is 7.78. The van der Waals surface area contributed by atoms with E-state index in [-0.39, 0.29) is 0 Å². The number of rotatable bonds is 8. The first kappa shape index (κ1) is 15.3. The smallest absolute Gasteiger partial charge is 0.190 e. The Balaban J connectivity index is 3.67. The maximum Gasteiger partial charge on any atom is 0.190 e. The fourth-order valence-corrected chi connectivity index (χ4v) is 1.62. The number of nitrogens with one attached hydrogen (secondary N) is 2. The van der Waals surface area contributed by atoms with Crippen LogP contribution in [0.15, 0.2) is 4.99 Å². The molecule has 0 aliphatic heterocycles. The topological polar surface area (TPSA) is 36.4 Å². The third-order valence-electron chi connectivity index (χ3n) is 3.01. The van der Waals surface area contributed by atoms with E-state index in [1.807, 2.05) is 7.05 Å². The lowest BCUT2D eigenvalue weighted by atomic mass is 10.0. The molecule has 0 aromatic heterocycles. The van der Waals surface area contributed by atoms with Gasteiger partial charge in [0.15, 0.2) is 5.96 Å². The predicted molar refractivity (Wildman–Crippen MR) is 73.0 cm³/mol. The Kier molecular flexibility index (Phi) is 10.3. The average Bonchev–Trinajstić information content (AvgIpc) is 2.33. The summed E-state index contributed by atoms with van der Waals surface area (Å²) in [6.07, 6.45) is 6.24. The molecule has 0 unspecified atom stereocenters. The lowest BCUT2D eigenvalue weighted by Crippen LogP contribution is -2.40. The molecule has 3 heteroatoms. The third kappa shape index (κ3) is 7.55. The van der Waals surface area contributed by atoms with Crippen LogP contribution in [-0.2, 0) is 0 Å². The van der Waals surface area contributed by atoms with Crippen LogP contribution in [0.4, 0.5) is 0 Å². The number of guanidine groups is 1. The molecule has 0 radical (unpaired) electrons. The molecule has 0 saturated heterocycles. The predicted octanol–water partition coefficient (Wildman–Crippen LogP) is 2.78. The molecule has 2 N–H and O–H groups in total. The summed E-state index contributed by atoms with van der Waals surface area (Å²) in [6.45, 7) is 8.76. The maximum absolute atomic E-state index is 4.22. The minimum atomic E-state index is 0.759. The van der Waals surface area contributed by atoms with Gasteiger partial charge >= 0.3 is 0 Å². The van der Waals surface area contributed by atoms with Crippen LogP contribution in [0.25, 0.3) is 0 Å². The van der Waals surface area contributed by atoms with E-state index in [9.17, 15) is 0 Å². The highest BCUT2D eigenvalue weighted by Gasteiger charge is 2.04. The zero-order chi connectivity index (χ0) is 12.2. The van der Waals surface area contributed by atoms with E-state index in [1.54, 1.807) is 0 Å². The summed E-state index contributed by atoms with van der Waals surface area (Å²) in [7, 11) is 1.84. The van der Waals surface area contributed by atoms with Gasteiger partial charge in [0.25, 0.3) is 0 Å². The zero-order valence-corrected chi connectivity index (χ0v) is 11.5. The molecule has 0 fully saturated rings. The van der Waals surface area contributed by atoms with Gasteiger partial charge in [-0.3, -0.25) is 4.99 Å². The van der Waals surface area contributed by atoms with Crippen LogP contribution in [0.5, 0.6) is 0 Å². The van der Waals surface area contributed by atoms with Crippen molar-refractivity contribution in [2.75, 3.05) is 20.1 Å². The van der Waals surface area contributed by atoms with Crippen molar-refractivity contribution in [1.29, 1.82) is 0 Å². The molecule has 16 heavy (non-hydrogen) atoms. The largest absolute Gasteiger partial charge is 0.356 e. The summed E-state index contributed by atoms with van der Waals surface area (Å²) in [5, 5.41) is 6.73.